The quantitative estimate of drug-likeness (QED) is 0.506. The summed E-state index contributed by atoms with van der Waals surface area (Å²) in [5.74, 6) is 2.47. The molecule has 0 spiro atoms. The number of aromatic nitrogens is 2. The average molecular weight is 432 g/mol. The van der Waals surface area contributed by atoms with E-state index in [-0.39, 0.29) is 17.9 Å². The smallest absolute Gasteiger partial charge is 0.279 e. The van der Waals surface area contributed by atoms with E-state index in [1.165, 1.54) is 11.8 Å². The molecule has 0 saturated carbocycles. The molecule has 7 nitrogen and oxygen atoms in total. The lowest BCUT2D eigenvalue weighted by molar-refractivity contribution is -0.116. The van der Waals surface area contributed by atoms with Crippen molar-refractivity contribution in [2.75, 3.05) is 24.8 Å². The summed E-state index contributed by atoms with van der Waals surface area (Å²) < 4.78 is 13.2. The van der Waals surface area contributed by atoms with E-state index >= 15 is 0 Å². The molecule has 1 aromatic heterocycles. The lowest BCUT2D eigenvalue weighted by Gasteiger charge is -2.28. The highest BCUT2D eigenvalue weighted by molar-refractivity contribution is 7.99. The van der Waals surface area contributed by atoms with Crippen LogP contribution in [0.4, 0.5) is 5.82 Å². The van der Waals surface area contributed by atoms with Gasteiger partial charge in [-0.3, -0.25) is 9.59 Å². The molecule has 2 heterocycles. The first-order valence-electron chi connectivity index (χ1n) is 10.2. The molecule has 30 heavy (non-hydrogen) atoms. The van der Waals surface area contributed by atoms with Gasteiger partial charge in [-0.05, 0) is 30.0 Å². The van der Waals surface area contributed by atoms with E-state index in [2.05, 4.69) is 31.1 Å². The predicted molar refractivity (Wildman–Crippen MR) is 119 cm³/mol. The number of benzene rings is 1. The maximum absolute atomic E-state index is 12.9. The average Bonchev–Trinajstić information content (AvgIpc) is 2.72. The molecule has 1 aliphatic heterocycles. The lowest BCUT2D eigenvalue weighted by atomic mass is 9.86. The third kappa shape index (κ3) is 4.64. The van der Waals surface area contributed by atoms with Gasteiger partial charge >= 0.3 is 0 Å². The molecule has 0 radical (unpaired) electrons. The summed E-state index contributed by atoms with van der Waals surface area (Å²) in [6, 6.07) is 5.58. The number of nitrogens with zero attached hydrogens (tertiary/aromatic N) is 2. The first-order valence-corrected chi connectivity index (χ1v) is 11.2. The van der Waals surface area contributed by atoms with E-state index < -0.39 is 5.92 Å². The SMILES string of the molecule is CCCSc1nc(=O)c2c(n1C)NC(=O)CC2c1ccc(OCC(C)C)c(OC)c1. The molecule has 1 aromatic carbocycles. The molecule has 0 fully saturated rings. The van der Waals surface area contributed by atoms with Gasteiger partial charge in [0.15, 0.2) is 16.7 Å². The molecule has 162 valence electrons. The van der Waals surface area contributed by atoms with Crippen molar-refractivity contribution in [3.8, 4) is 11.5 Å². The summed E-state index contributed by atoms with van der Waals surface area (Å²) in [5, 5.41) is 3.48. The second-order valence-electron chi connectivity index (χ2n) is 7.79. The van der Waals surface area contributed by atoms with E-state index in [9.17, 15) is 9.59 Å². The standard InChI is InChI=1S/C22H29N3O4S/c1-6-9-30-22-24-21(27)19-15(11-18(26)23-20(19)25(22)4)14-7-8-16(17(10-14)28-5)29-12-13(2)3/h7-8,10,13,15H,6,9,11-12H2,1-5H3,(H,23,26). The molecule has 0 bridgehead atoms. The van der Waals surface area contributed by atoms with Crippen molar-refractivity contribution >= 4 is 23.5 Å². The van der Waals surface area contributed by atoms with Gasteiger partial charge in [-0.15, -0.1) is 0 Å². The van der Waals surface area contributed by atoms with Crippen LogP contribution in [0.25, 0.3) is 0 Å². The zero-order valence-corrected chi connectivity index (χ0v) is 19.0. The third-order valence-corrected chi connectivity index (χ3v) is 6.13. The van der Waals surface area contributed by atoms with Crippen LogP contribution in [0.3, 0.4) is 0 Å². The molecular weight excluding hydrogens is 402 g/mol. The van der Waals surface area contributed by atoms with Gasteiger partial charge in [0.25, 0.3) is 5.56 Å². The molecule has 1 amide bonds. The number of carbonyl (C=O) groups is 1. The number of ether oxygens (including phenoxy) is 2. The van der Waals surface area contributed by atoms with E-state index in [0.29, 0.717) is 40.6 Å². The van der Waals surface area contributed by atoms with Gasteiger partial charge in [-0.25, -0.2) is 0 Å². The topological polar surface area (TPSA) is 82.5 Å². The summed E-state index contributed by atoms with van der Waals surface area (Å²) in [7, 11) is 3.41. The van der Waals surface area contributed by atoms with Gasteiger partial charge < -0.3 is 19.4 Å². The Labute approximate surface area is 181 Å². The summed E-state index contributed by atoms with van der Waals surface area (Å²) in [5.41, 5.74) is 1.04. The minimum atomic E-state index is -0.391. The van der Waals surface area contributed by atoms with Gasteiger partial charge in [-0.1, -0.05) is 38.6 Å². The Morgan fingerprint density at radius 1 is 1.30 bits per heavy atom. The van der Waals surface area contributed by atoms with Crippen molar-refractivity contribution in [2.24, 2.45) is 13.0 Å². The number of fused-ring (bicyclic) bond motifs is 1. The van der Waals surface area contributed by atoms with Crippen LogP contribution in [-0.4, -0.2) is 34.9 Å². The summed E-state index contributed by atoms with van der Waals surface area (Å²) in [4.78, 5) is 29.7. The molecule has 3 rings (SSSR count). The van der Waals surface area contributed by atoms with E-state index in [4.69, 9.17) is 9.47 Å². The van der Waals surface area contributed by atoms with Gasteiger partial charge in [-0.2, -0.15) is 4.98 Å². The number of hydrogen-bond acceptors (Lipinski definition) is 6. The minimum Gasteiger partial charge on any atom is -0.493 e. The first kappa shape index (κ1) is 22.2. The predicted octanol–water partition coefficient (Wildman–Crippen LogP) is 3.80. The van der Waals surface area contributed by atoms with Crippen LogP contribution in [0.5, 0.6) is 11.5 Å². The number of rotatable bonds is 8. The van der Waals surface area contributed by atoms with E-state index in [1.54, 1.807) is 11.7 Å². The van der Waals surface area contributed by atoms with E-state index in [0.717, 1.165) is 17.7 Å². The van der Waals surface area contributed by atoms with Crippen LogP contribution in [0, 0.1) is 5.92 Å². The zero-order chi connectivity index (χ0) is 21.8. The van der Waals surface area contributed by atoms with Crippen molar-refractivity contribution < 1.29 is 14.3 Å². The molecule has 8 heteroatoms. The van der Waals surface area contributed by atoms with Gasteiger partial charge in [0, 0.05) is 25.1 Å². The van der Waals surface area contributed by atoms with Gasteiger partial charge in [0.05, 0.1) is 19.3 Å². The highest BCUT2D eigenvalue weighted by atomic mass is 32.2. The molecule has 1 atom stereocenters. The van der Waals surface area contributed by atoms with Crippen molar-refractivity contribution in [1.82, 2.24) is 9.55 Å². The highest BCUT2D eigenvalue weighted by Crippen LogP contribution is 2.39. The number of thioether (sulfide) groups is 1. The van der Waals surface area contributed by atoms with Crippen molar-refractivity contribution in [3.63, 3.8) is 0 Å². The third-order valence-electron chi connectivity index (χ3n) is 4.90. The molecule has 1 aliphatic rings. The number of methoxy groups -OCH3 is 1. The van der Waals surface area contributed by atoms with Crippen molar-refractivity contribution in [2.45, 2.75) is 44.7 Å². The second-order valence-corrected chi connectivity index (χ2v) is 8.85. The molecule has 1 unspecified atom stereocenters. The zero-order valence-electron chi connectivity index (χ0n) is 18.2. The van der Waals surface area contributed by atoms with Crippen molar-refractivity contribution in [3.05, 3.63) is 39.7 Å². The maximum atomic E-state index is 12.9. The minimum absolute atomic E-state index is 0.126. The fourth-order valence-corrected chi connectivity index (χ4v) is 4.24. The van der Waals surface area contributed by atoms with E-state index in [1.807, 2.05) is 25.2 Å². The molecule has 0 saturated heterocycles. The largest absolute Gasteiger partial charge is 0.493 e. The summed E-state index contributed by atoms with van der Waals surface area (Å²) >= 11 is 1.51. The Hall–Kier alpha value is -2.48. The number of carbonyl (C=O) groups excluding carboxylic acids is 1. The van der Waals surface area contributed by atoms with Gasteiger partial charge in [0.1, 0.15) is 5.82 Å². The van der Waals surface area contributed by atoms with Crippen LogP contribution in [-0.2, 0) is 11.8 Å². The number of hydrogen-bond donors (Lipinski definition) is 1. The Balaban J connectivity index is 2.03. The molecular formula is C22H29N3O4S. The Morgan fingerprint density at radius 2 is 2.07 bits per heavy atom. The fourth-order valence-electron chi connectivity index (χ4n) is 3.42. The lowest BCUT2D eigenvalue weighted by Crippen LogP contribution is -2.33. The monoisotopic (exact) mass is 431 g/mol. The van der Waals surface area contributed by atoms with Crippen LogP contribution >= 0.6 is 11.8 Å². The fraction of sp³-hybridized carbons (Fsp3) is 0.500. The first-order chi connectivity index (χ1) is 14.3. The Morgan fingerprint density at radius 3 is 2.73 bits per heavy atom. The van der Waals surface area contributed by atoms with Crippen LogP contribution in [0.2, 0.25) is 0 Å². The Kier molecular flexibility index (Phi) is 7.07. The normalized spacial score (nSPS) is 15.7. The van der Waals surface area contributed by atoms with Crippen molar-refractivity contribution in [1.29, 1.82) is 0 Å². The molecule has 1 N–H and O–H groups in total. The number of amides is 1. The number of nitrogens with one attached hydrogen (secondary N) is 1. The van der Waals surface area contributed by atoms with Crippen LogP contribution < -0.4 is 20.3 Å². The van der Waals surface area contributed by atoms with Gasteiger partial charge in [0.2, 0.25) is 5.91 Å². The maximum Gasteiger partial charge on any atom is 0.279 e. The second kappa shape index (κ2) is 9.55. The van der Waals surface area contributed by atoms with Crippen LogP contribution in [0.1, 0.15) is 50.7 Å². The summed E-state index contributed by atoms with van der Waals surface area (Å²) in [6.07, 6.45) is 1.15. The molecule has 0 aliphatic carbocycles. The Bertz CT molecular complexity index is 987. The van der Waals surface area contributed by atoms with Crippen LogP contribution in [0.15, 0.2) is 28.2 Å². The summed E-state index contributed by atoms with van der Waals surface area (Å²) in [6.45, 7) is 6.80. The highest BCUT2D eigenvalue weighted by Gasteiger charge is 2.32. The molecule has 2 aromatic rings. The number of anilines is 1.